The molecule has 1 aliphatic heterocycles. The maximum absolute atomic E-state index is 13.5. The molecule has 1 saturated heterocycles. The Balaban J connectivity index is 1.79. The highest BCUT2D eigenvalue weighted by molar-refractivity contribution is 7.92. The van der Waals surface area contributed by atoms with Gasteiger partial charge in [-0.25, -0.2) is 13.2 Å². The number of carboxylic acid groups (broad SMARTS) is 1. The number of carboxylic acids is 1. The number of nitrogens with zero attached hydrogens (tertiary/aromatic N) is 3. The van der Waals surface area contributed by atoms with E-state index in [1.54, 1.807) is 16.9 Å². The lowest BCUT2D eigenvalue weighted by Crippen LogP contribution is -2.30. The van der Waals surface area contributed by atoms with Crippen LogP contribution in [0.25, 0.3) is 11.1 Å². The number of aromatic carboxylic acids is 1. The van der Waals surface area contributed by atoms with Crippen molar-refractivity contribution in [2.45, 2.75) is 37.5 Å². The highest BCUT2D eigenvalue weighted by atomic mass is 32.2. The molecule has 4 rings (SSSR count). The minimum absolute atomic E-state index is 0.0127. The molecule has 2 aromatic carbocycles. The van der Waals surface area contributed by atoms with E-state index in [0.717, 1.165) is 49.2 Å². The number of anilines is 2. The van der Waals surface area contributed by atoms with Crippen LogP contribution in [0, 0.1) is 0 Å². The SMILES string of the molecule is CCc1ccc(C(=O)O)cc1S(=O)(=O)Nc1cc(-c2cnn(C)c2)ccc1N1CCCCC1. The molecule has 1 aliphatic rings. The van der Waals surface area contributed by atoms with Gasteiger partial charge in [-0.1, -0.05) is 19.1 Å². The molecule has 0 saturated carbocycles. The Morgan fingerprint density at radius 2 is 1.85 bits per heavy atom. The minimum Gasteiger partial charge on any atom is -0.478 e. The molecule has 0 radical (unpaired) electrons. The molecule has 33 heavy (non-hydrogen) atoms. The van der Waals surface area contributed by atoms with Gasteiger partial charge in [0, 0.05) is 31.9 Å². The molecule has 0 atom stereocenters. The third-order valence-electron chi connectivity index (χ3n) is 5.96. The van der Waals surface area contributed by atoms with Gasteiger partial charge in [0.15, 0.2) is 0 Å². The van der Waals surface area contributed by atoms with Crippen LogP contribution in [0.1, 0.15) is 42.1 Å². The monoisotopic (exact) mass is 468 g/mol. The number of nitrogens with one attached hydrogen (secondary N) is 1. The fraction of sp³-hybridized carbons (Fsp3) is 0.333. The fourth-order valence-electron chi connectivity index (χ4n) is 4.21. The van der Waals surface area contributed by atoms with E-state index in [1.807, 2.05) is 38.4 Å². The molecular weight excluding hydrogens is 440 g/mol. The first-order chi connectivity index (χ1) is 15.8. The topological polar surface area (TPSA) is 105 Å². The Morgan fingerprint density at radius 1 is 1.09 bits per heavy atom. The van der Waals surface area contributed by atoms with Crippen LogP contribution in [0.3, 0.4) is 0 Å². The van der Waals surface area contributed by atoms with E-state index in [9.17, 15) is 18.3 Å². The fourth-order valence-corrected chi connectivity index (χ4v) is 5.61. The summed E-state index contributed by atoms with van der Waals surface area (Å²) in [6.45, 7) is 3.56. The van der Waals surface area contributed by atoms with Gasteiger partial charge in [0.2, 0.25) is 0 Å². The average molecular weight is 469 g/mol. The first-order valence-electron chi connectivity index (χ1n) is 11.1. The summed E-state index contributed by atoms with van der Waals surface area (Å²) in [5, 5.41) is 13.6. The van der Waals surface area contributed by atoms with E-state index >= 15 is 0 Å². The van der Waals surface area contributed by atoms with Crippen LogP contribution in [0.5, 0.6) is 0 Å². The smallest absolute Gasteiger partial charge is 0.335 e. The number of aryl methyl sites for hydroxylation is 2. The molecule has 9 heteroatoms. The summed E-state index contributed by atoms with van der Waals surface area (Å²) in [5.74, 6) is -1.17. The molecule has 0 spiro atoms. The Hall–Kier alpha value is -3.33. The molecule has 174 valence electrons. The van der Waals surface area contributed by atoms with E-state index in [0.29, 0.717) is 17.7 Å². The zero-order valence-corrected chi connectivity index (χ0v) is 19.6. The summed E-state index contributed by atoms with van der Waals surface area (Å²) < 4.78 is 31.5. The normalized spacial score (nSPS) is 14.3. The van der Waals surface area contributed by atoms with Crippen LogP contribution in [0.4, 0.5) is 11.4 Å². The van der Waals surface area contributed by atoms with Gasteiger partial charge in [0.05, 0.1) is 28.0 Å². The number of hydrogen-bond donors (Lipinski definition) is 2. The van der Waals surface area contributed by atoms with Gasteiger partial charge in [-0.05, 0) is 61.1 Å². The van der Waals surface area contributed by atoms with Crippen LogP contribution in [-0.4, -0.2) is 42.4 Å². The molecule has 2 heterocycles. The van der Waals surface area contributed by atoms with Gasteiger partial charge >= 0.3 is 5.97 Å². The number of benzene rings is 2. The largest absolute Gasteiger partial charge is 0.478 e. The van der Waals surface area contributed by atoms with Crippen molar-refractivity contribution in [1.82, 2.24) is 9.78 Å². The van der Waals surface area contributed by atoms with Crippen molar-refractivity contribution >= 4 is 27.4 Å². The Labute approximate surface area is 193 Å². The predicted molar refractivity (Wildman–Crippen MR) is 128 cm³/mol. The molecule has 1 fully saturated rings. The molecule has 0 amide bonds. The molecule has 8 nitrogen and oxygen atoms in total. The van der Waals surface area contributed by atoms with E-state index in [-0.39, 0.29) is 10.5 Å². The first-order valence-corrected chi connectivity index (χ1v) is 12.5. The molecule has 2 N–H and O–H groups in total. The molecule has 0 unspecified atom stereocenters. The van der Waals surface area contributed by atoms with Crippen LogP contribution in [0.2, 0.25) is 0 Å². The Bertz CT molecular complexity index is 1280. The van der Waals surface area contributed by atoms with E-state index in [1.165, 1.54) is 12.1 Å². The summed E-state index contributed by atoms with van der Waals surface area (Å²) >= 11 is 0. The number of piperidine rings is 1. The highest BCUT2D eigenvalue weighted by Gasteiger charge is 2.24. The minimum atomic E-state index is -4.03. The van der Waals surface area contributed by atoms with Gasteiger partial charge in [-0.15, -0.1) is 0 Å². The second kappa shape index (κ2) is 9.27. The number of rotatable bonds is 7. The quantitative estimate of drug-likeness (QED) is 0.540. The average Bonchev–Trinajstić information content (AvgIpc) is 3.25. The van der Waals surface area contributed by atoms with Gasteiger partial charge < -0.3 is 10.0 Å². The second-order valence-corrected chi connectivity index (χ2v) is 9.92. The highest BCUT2D eigenvalue weighted by Crippen LogP contribution is 2.35. The molecule has 1 aromatic heterocycles. The van der Waals surface area contributed by atoms with Crippen molar-refractivity contribution in [2.24, 2.45) is 7.05 Å². The number of aromatic nitrogens is 2. The maximum atomic E-state index is 13.5. The van der Waals surface area contributed by atoms with Crippen molar-refractivity contribution in [2.75, 3.05) is 22.7 Å². The first kappa shape index (κ1) is 22.8. The number of hydrogen-bond acceptors (Lipinski definition) is 5. The van der Waals surface area contributed by atoms with Gasteiger partial charge in [-0.3, -0.25) is 9.40 Å². The van der Waals surface area contributed by atoms with E-state index in [4.69, 9.17) is 0 Å². The molecule has 0 aliphatic carbocycles. The summed E-state index contributed by atoms with van der Waals surface area (Å²) in [7, 11) is -2.20. The van der Waals surface area contributed by atoms with Crippen LogP contribution < -0.4 is 9.62 Å². The summed E-state index contributed by atoms with van der Waals surface area (Å²) in [4.78, 5) is 13.7. The standard InChI is InChI=1S/C24H28N4O4S/c1-3-17-7-8-19(24(29)30)14-23(17)33(31,32)26-21-13-18(20-15-25-27(2)16-20)9-10-22(21)28-11-5-4-6-12-28/h7-10,13-16,26H,3-6,11-12H2,1-2H3,(H,29,30). The van der Waals surface area contributed by atoms with Gasteiger partial charge in [-0.2, -0.15) is 5.10 Å². The third-order valence-corrected chi connectivity index (χ3v) is 7.41. The Kier molecular flexibility index (Phi) is 6.42. The van der Waals surface area contributed by atoms with Crippen molar-refractivity contribution in [1.29, 1.82) is 0 Å². The third kappa shape index (κ3) is 4.88. The Morgan fingerprint density at radius 3 is 2.48 bits per heavy atom. The van der Waals surface area contributed by atoms with Crippen molar-refractivity contribution < 1.29 is 18.3 Å². The second-order valence-electron chi connectivity index (χ2n) is 8.27. The summed E-state index contributed by atoms with van der Waals surface area (Å²) in [5.41, 5.74) is 3.52. The summed E-state index contributed by atoms with van der Waals surface area (Å²) in [6, 6.07) is 9.97. The lowest BCUT2D eigenvalue weighted by Gasteiger charge is -2.31. The van der Waals surface area contributed by atoms with Crippen molar-refractivity contribution in [3.8, 4) is 11.1 Å². The number of sulfonamides is 1. The van der Waals surface area contributed by atoms with Crippen LogP contribution >= 0.6 is 0 Å². The van der Waals surface area contributed by atoms with E-state index < -0.39 is 16.0 Å². The van der Waals surface area contributed by atoms with Crippen LogP contribution in [-0.2, 0) is 23.5 Å². The van der Waals surface area contributed by atoms with Gasteiger partial charge in [0.1, 0.15) is 0 Å². The van der Waals surface area contributed by atoms with Gasteiger partial charge in [0.25, 0.3) is 10.0 Å². The van der Waals surface area contributed by atoms with Crippen molar-refractivity contribution in [3.05, 3.63) is 59.9 Å². The van der Waals surface area contributed by atoms with E-state index in [2.05, 4.69) is 14.7 Å². The maximum Gasteiger partial charge on any atom is 0.335 e. The number of carbonyl (C=O) groups is 1. The zero-order chi connectivity index (χ0) is 23.6. The van der Waals surface area contributed by atoms with Crippen LogP contribution in [0.15, 0.2) is 53.7 Å². The lowest BCUT2D eigenvalue weighted by atomic mass is 10.1. The van der Waals surface area contributed by atoms with Crippen molar-refractivity contribution in [3.63, 3.8) is 0 Å². The zero-order valence-electron chi connectivity index (χ0n) is 18.8. The predicted octanol–water partition coefficient (Wildman–Crippen LogP) is 4.14. The summed E-state index contributed by atoms with van der Waals surface area (Å²) in [6.07, 6.45) is 7.34. The molecule has 0 bridgehead atoms. The molecule has 3 aromatic rings. The lowest BCUT2D eigenvalue weighted by molar-refractivity contribution is 0.0696. The molecular formula is C24H28N4O4S.